The molecule has 0 fully saturated rings. The van der Waals surface area contributed by atoms with E-state index in [0.717, 1.165) is 5.56 Å². The number of thiocarbonyl (C=S) groups is 1. The van der Waals surface area contributed by atoms with Crippen LogP contribution in [0.3, 0.4) is 0 Å². The number of nitrogens with one attached hydrogen (secondary N) is 2. The van der Waals surface area contributed by atoms with Crippen molar-refractivity contribution in [3.8, 4) is 5.75 Å². The molecular weight excluding hydrogens is 299 g/mol. The van der Waals surface area contributed by atoms with E-state index >= 15 is 0 Å². The molecule has 0 aliphatic carbocycles. The molecule has 0 saturated heterocycles. The van der Waals surface area contributed by atoms with E-state index < -0.39 is 5.82 Å². The zero-order valence-electron chi connectivity index (χ0n) is 10.6. The predicted octanol–water partition coefficient (Wildman–Crippen LogP) is 4.30. The Morgan fingerprint density at radius 1 is 1.20 bits per heavy atom. The third-order valence-corrected chi connectivity index (χ3v) is 3.07. The molecule has 0 saturated carbocycles. The van der Waals surface area contributed by atoms with E-state index in [-0.39, 0.29) is 15.9 Å². The fourth-order valence-electron chi connectivity index (χ4n) is 1.61. The minimum Gasteiger partial charge on any atom is -0.506 e. The Bertz CT molecular complexity index is 664. The maximum atomic E-state index is 13.0. The maximum absolute atomic E-state index is 13.0. The lowest BCUT2D eigenvalue weighted by Gasteiger charge is -2.12. The van der Waals surface area contributed by atoms with E-state index in [1.165, 1.54) is 18.2 Å². The van der Waals surface area contributed by atoms with Crippen LogP contribution in [0.2, 0.25) is 5.02 Å². The number of aromatic hydroxyl groups is 1. The largest absolute Gasteiger partial charge is 0.506 e. The highest BCUT2D eigenvalue weighted by molar-refractivity contribution is 7.80. The van der Waals surface area contributed by atoms with E-state index in [4.69, 9.17) is 23.8 Å². The summed E-state index contributed by atoms with van der Waals surface area (Å²) < 4.78 is 13.0. The number of anilines is 2. The Kier molecular flexibility index (Phi) is 4.42. The minimum absolute atomic E-state index is 0.0104. The SMILES string of the molecule is Cc1ccc(O)c(NC(=S)Nc2ccc(F)c(Cl)c2)c1. The van der Waals surface area contributed by atoms with Crippen LogP contribution in [-0.4, -0.2) is 10.2 Å². The predicted molar refractivity (Wildman–Crippen MR) is 84.1 cm³/mol. The molecule has 6 heteroatoms. The fourth-order valence-corrected chi connectivity index (χ4v) is 2.02. The lowest BCUT2D eigenvalue weighted by atomic mass is 10.2. The van der Waals surface area contributed by atoms with Crippen molar-refractivity contribution >= 4 is 40.3 Å². The van der Waals surface area contributed by atoms with Crippen LogP contribution in [0.15, 0.2) is 36.4 Å². The smallest absolute Gasteiger partial charge is 0.175 e. The third kappa shape index (κ3) is 3.59. The maximum Gasteiger partial charge on any atom is 0.175 e. The van der Waals surface area contributed by atoms with Crippen molar-refractivity contribution in [1.82, 2.24) is 0 Å². The molecule has 0 aliphatic rings. The second-order valence-corrected chi connectivity index (χ2v) is 5.04. The Labute approximate surface area is 126 Å². The average molecular weight is 311 g/mol. The highest BCUT2D eigenvalue weighted by atomic mass is 35.5. The van der Waals surface area contributed by atoms with Gasteiger partial charge in [-0.15, -0.1) is 0 Å². The highest BCUT2D eigenvalue weighted by Crippen LogP contribution is 2.24. The van der Waals surface area contributed by atoms with Gasteiger partial charge in [-0.05, 0) is 55.0 Å². The molecule has 0 amide bonds. The number of halogens is 2. The van der Waals surface area contributed by atoms with Crippen LogP contribution >= 0.6 is 23.8 Å². The normalized spacial score (nSPS) is 10.2. The number of phenols is 1. The van der Waals surface area contributed by atoms with Crippen molar-refractivity contribution in [2.45, 2.75) is 6.92 Å². The summed E-state index contributed by atoms with van der Waals surface area (Å²) in [4.78, 5) is 0. The topological polar surface area (TPSA) is 44.3 Å². The first-order valence-electron chi connectivity index (χ1n) is 5.78. The molecule has 0 bridgehead atoms. The number of hydrogen-bond acceptors (Lipinski definition) is 2. The minimum atomic E-state index is -0.493. The second kappa shape index (κ2) is 6.07. The Balaban J connectivity index is 2.09. The molecule has 3 N–H and O–H groups in total. The average Bonchev–Trinajstić information content (AvgIpc) is 2.38. The first-order chi connectivity index (χ1) is 9.45. The zero-order chi connectivity index (χ0) is 14.7. The van der Waals surface area contributed by atoms with Gasteiger partial charge in [0.15, 0.2) is 5.11 Å². The van der Waals surface area contributed by atoms with Gasteiger partial charge in [0.25, 0.3) is 0 Å². The Morgan fingerprint density at radius 3 is 2.65 bits per heavy atom. The van der Waals surface area contributed by atoms with Crippen LogP contribution in [-0.2, 0) is 0 Å². The number of phenolic OH excluding ortho intramolecular Hbond substituents is 1. The van der Waals surface area contributed by atoms with E-state index in [2.05, 4.69) is 10.6 Å². The van der Waals surface area contributed by atoms with Gasteiger partial charge in [-0.2, -0.15) is 0 Å². The molecule has 0 aliphatic heterocycles. The molecular formula is C14H12ClFN2OS. The molecule has 2 aromatic carbocycles. The molecule has 104 valence electrons. The summed E-state index contributed by atoms with van der Waals surface area (Å²) in [5, 5.41) is 15.7. The monoisotopic (exact) mass is 310 g/mol. The van der Waals surface area contributed by atoms with Gasteiger partial charge in [-0.1, -0.05) is 17.7 Å². The van der Waals surface area contributed by atoms with Crippen molar-refractivity contribution in [2.75, 3.05) is 10.6 Å². The molecule has 0 radical (unpaired) electrons. The summed E-state index contributed by atoms with van der Waals surface area (Å²) in [6, 6.07) is 9.33. The van der Waals surface area contributed by atoms with Gasteiger partial charge >= 0.3 is 0 Å². The van der Waals surface area contributed by atoms with E-state index in [9.17, 15) is 9.50 Å². The van der Waals surface area contributed by atoms with Gasteiger partial charge in [-0.3, -0.25) is 0 Å². The Hall–Kier alpha value is -1.85. The number of benzene rings is 2. The van der Waals surface area contributed by atoms with Crippen molar-refractivity contribution in [3.05, 3.63) is 52.8 Å². The molecule has 0 aromatic heterocycles. The number of hydrogen-bond donors (Lipinski definition) is 3. The fraction of sp³-hybridized carbons (Fsp3) is 0.0714. The summed E-state index contributed by atoms with van der Waals surface area (Å²) >= 11 is 10.8. The van der Waals surface area contributed by atoms with Gasteiger partial charge in [-0.25, -0.2) is 4.39 Å². The highest BCUT2D eigenvalue weighted by Gasteiger charge is 2.05. The molecule has 0 atom stereocenters. The molecule has 20 heavy (non-hydrogen) atoms. The van der Waals surface area contributed by atoms with Crippen LogP contribution in [0.5, 0.6) is 5.75 Å². The Morgan fingerprint density at radius 2 is 1.95 bits per heavy atom. The third-order valence-electron chi connectivity index (χ3n) is 2.58. The van der Waals surface area contributed by atoms with Crippen molar-refractivity contribution in [2.24, 2.45) is 0 Å². The van der Waals surface area contributed by atoms with Gasteiger partial charge in [0.05, 0.1) is 10.7 Å². The lowest BCUT2D eigenvalue weighted by molar-refractivity contribution is 0.478. The molecule has 2 rings (SSSR count). The van der Waals surface area contributed by atoms with Crippen LogP contribution in [0, 0.1) is 12.7 Å². The summed E-state index contributed by atoms with van der Waals surface area (Å²) in [5.74, 6) is -0.399. The molecule has 0 heterocycles. The summed E-state index contributed by atoms with van der Waals surface area (Å²) in [6.45, 7) is 1.90. The molecule has 0 spiro atoms. The van der Waals surface area contributed by atoms with Gasteiger partial charge < -0.3 is 15.7 Å². The van der Waals surface area contributed by atoms with Crippen molar-refractivity contribution in [3.63, 3.8) is 0 Å². The van der Waals surface area contributed by atoms with Gasteiger partial charge in [0.2, 0.25) is 0 Å². The van der Waals surface area contributed by atoms with Crippen molar-refractivity contribution < 1.29 is 9.50 Å². The first-order valence-corrected chi connectivity index (χ1v) is 6.57. The van der Waals surface area contributed by atoms with Gasteiger partial charge in [0.1, 0.15) is 11.6 Å². The summed E-state index contributed by atoms with van der Waals surface area (Å²) in [6.07, 6.45) is 0. The zero-order valence-corrected chi connectivity index (χ0v) is 12.1. The molecule has 2 aromatic rings. The standard InChI is InChI=1S/C14H12ClFN2OS/c1-8-2-5-13(19)12(6-8)18-14(20)17-9-3-4-11(16)10(15)7-9/h2-7,19H,1H3,(H2,17,18,20). The number of rotatable bonds is 2. The van der Waals surface area contributed by atoms with Crippen molar-refractivity contribution in [1.29, 1.82) is 0 Å². The molecule has 3 nitrogen and oxygen atoms in total. The number of aryl methyl sites for hydroxylation is 1. The van der Waals surface area contributed by atoms with E-state index in [1.54, 1.807) is 18.2 Å². The van der Waals surface area contributed by atoms with Crippen LogP contribution in [0.25, 0.3) is 0 Å². The van der Waals surface area contributed by atoms with E-state index in [0.29, 0.717) is 11.4 Å². The van der Waals surface area contributed by atoms with Crippen LogP contribution in [0.4, 0.5) is 15.8 Å². The van der Waals surface area contributed by atoms with Crippen LogP contribution in [0.1, 0.15) is 5.56 Å². The second-order valence-electron chi connectivity index (χ2n) is 4.23. The summed E-state index contributed by atoms with van der Waals surface area (Å²) in [7, 11) is 0. The summed E-state index contributed by atoms with van der Waals surface area (Å²) in [5.41, 5.74) is 2.04. The van der Waals surface area contributed by atoms with Gasteiger partial charge in [0, 0.05) is 5.69 Å². The van der Waals surface area contributed by atoms with Crippen LogP contribution < -0.4 is 10.6 Å². The van der Waals surface area contributed by atoms with E-state index in [1.807, 2.05) is 6.92 Å². The lowest BCUT2D eigenvalue weighted by Crippen LogP contribution is -2.19. The first kappa shape index (κ1) is 14.6. The quantitative estimate of drug-likeness (QED) is 0.571. The molecule has 0 unspecified atom stereocenters.